The highest BCUT2D eigenvalue weighted by molar-refractivity contribution is 6.35. The number of rotatable bonds is 4. The summed E-state index contributed by atoms with van der Waals surface area (Å²) in [7, 11) is 0. The SMILES string of the molecule is C=CC(=O)N1CCN2C(=O)c3c(N4CC(C)CC4(C)C)nc(-c4ccccc4C(F)F)c(Cl)c3OC[C@H]2C1. The molecule has 38 heavy (non-hydrogen) atoms. The van der Waals surface area contributed by atoms with Gasteiger partial charge in [0.2, 0.25) is 5.91 Å². The summed E-state index contributed by atoms with van der Waals surface area (Å²) in [4.78, 5) is 36.7. The third-order valence-electron chi connectivity index (χ3n) is 7.72. The van der Waals surface area contributed by atoms with E-state index in [-0.39, 0.29) is 63.7 Å². The number of halogens is 3. The van der Waals surface area contributed by atoms with Gasteiger partial charge in [-0.05, 0) is 32.3 Å². The lowest BCUT2D eigenvalue weighted by Crippen LogP contribution is -2.57. The zero-order chi connectivity index (χ0) is 27.4. The number of benzene rings is 1. The van der Waals surface area contributed by atoms with Gasteiger partial charge in [-0.3, -0.25) is 9.59 Å². The van der Waals surface area contributed by atoms with Gasteiger partial charge in [0.1, 0.15) is 23.0 Å². The normalized spacial score (nSPS) is 22.6. The van der Waals surface area contributed by atoms with Crippen LogP contribution in [0.5, 0.6) is 5.75 Å². The predicted octanol–water partition coefficient (Wildman–Crippen LogP) is 5.20. The Kier molecular flexibility index (Phi) is 6.84. The molecule has 1 unspecified atom stereocenters. The average Bonchev–Trinajstić information content (AvgIpc) is 3.08. The number of pyridine rings is 1. The zero-order valence-corrected chi connectivity index (χ0v) is 22.5. The predicted molar refractivity (Wildman–Crippen MR) is 142 cm³/mol. The van der Waals surface area contributed by atoms with Crippen LogP contribution in [0.4, 0.5) is 14.6 Å². The minimum Gasteiger partial charge on any atom is -0.489 e. The number of alkyl halides is 2. The quantitative estimate of drug-likeness (QED) is 0.495. The Hall–Kier alpha value is -3.20. The molecule has 202 valence electrons. The molecule has 0 spiro atoms. The van der Waals surface area contributed by atoms with Crippen molar-refractivity contribution < 1.29 is 23.1 Å². The van der Waals surface area contributed by atoms with Crippen LogP contribution in [0, 0.1) is 5.92 Å². The van der Waals surface area contributed by atoms with Crippen LogP contribution < -0.4 is 9.64 Å². The van der Waals surface area contributed by atoms with Crippen LogP contribution >= 0.6 is 11.6 Å². The standard InChI is InChI=1S/C28H31ClF2N4O3/c1-5-20(36)33-10-11-34-17(14-33)15-38-24-21(27(34)37)26(35-13-16(2)12-28(35,3)4)32-23(22(24)29)18-8-6-7-9-19(18)25(30)31/h5-9,16-17,25H,1,10-15H2,2-4H3/t16?,17-/m1/s1. The molecule has 0 bridgehead atoms. The number of aromatic nitrogens is 1. The summed E-state index contributed by atoms with van der Waals surface area (Å²) in [5.41, 5.74) is 0.0543. The van der Waals surface area contributed by atoms with E-state index >= 15 is 0 Å². The summed E-state index contributed by atoms with van der Waals surface area (Å²) in [5, 5.41) is 0.0223. The van der Waals surface area contributed by atoms with E-state index in [9.17, 15) is 18.4 Å². The number of ether oxygens (including phenoxy) is 1. The minimum absolute atomic E-state index is 0.0223. The molecule has 2 amide bonds. The maximum absolute atomic E-state index is 14.1. The number of piperazine rings is 1. The highest BCUT2D eigenvalue weighted by Gasteiger charge is 2.44. The first-order valence-corrected chi connectivity index (χ1v) is 13.1. The number of nitrogens with zero attached hydrogens (tertiary/aromatic N) is 4. The molecule has 2 aromatic rings. The van der Waals surface area contributed by atoms with E-state index in [1.165, 1.54) is 12.1 Å². The fourth-order valence-electron chi connectivity index (χ4n) is 6.01. The Morgan fingerprint density at radius 3 is 2.66 bits per heavy atom. The Morgan fingerprint density at radius 1 is 1.26 bits per heavy atom. The Balaban J connectivity index is 1.69. The molecule has 0 radical (unpaired) electrons. The van der Waals surface area contributed by atoms with Crippen LogP contribution in [0.1, 0.15) is 49.5 Å². The van der Waals surface area contributed by atoms with E-state index in [0.717, 1.165) is 6.42 Å². The second-order valence-electron chi connectivity index (χ2n) is 10.9. The molecule has 3 aliphatic heterocycles. The van der Waals surface area contributed by atoms with Crippen LogP contribution in [0.25, 0.3) is 11.3 Å². The average molecular weight is 545 g/mol. The summed E-state index contributed by atoms with van der Waals surface area (Å²) >= 11 is 6.85. The molecular weight excluding hydrogens is 514 g/mol. The third kappa shape index (κ3) is 4.40. The molecule has 3 aliphatic rings. The molecule has 0 aliphatic carbocycles. The van der Waals surface area contributed by atoms with Crippen molar-refractivity contribution in [2.45, 2.75) is 45.2 Å². The number of hydrogen-bond donors (Lipinski definition) is 0. The van der Waals surface area contributed by atoms with Gasteiger partial charge in [-0.25, -0.2) is 13.8 Å². The van der Waals surface area contributed by atoms with Gasteiger partial charge in [0.25, 0.3) is 12.3 Å². The molecule has 1 aromatic heterocycles. The third-order valence-corrected chi connectivity index (χ3v) is 8.07. The first kappa shape index (κ1) is 26.4. The summed E-state index contributed by atoms with van der Waals surface area (Å²) in [6, 6.07) is 5.71. The summed E-state index contributed by atoms with van der Waals surface area (Å²) in [5.74, 6) is 0.359. The van der Waals surface area contributed by atoms with E-state index in [4.69, 9.17) is 21.3 Å². The van der Waals surface area contributed by atoms with Gasteiger partial charge in [-0.15, -0.1) is 0 Å². The number of anilines is 1. The van der Waals surface area contributed by atoms with E-state index in [1.54, 1.807) is 28.0 Å². The molecule has 4 heterocycles. The molecular formula is C28H31ClF2N4O3. The Morgan fingerprint density at radius 2 is 2.00 bits per heavy atom. The molecule has 1 aromatic carbocycles. The van der Waals surface area contributed by atoms with Crippen molar-refractivity contribution in [3.05, 3.63) is 53.1 Å². The number of hydrogen-bond acceptors (Lipinski definition) is 5. The van der Waals surface area contributed by atoms with Crippen LogP contribution in [0.2, 0.25) is 5.02 Å². The first-order chi connectivity index (χ1) is 18.0. The number of carbonyl (C=O) groups is 2. The topological polar surface area (TPSA) is 66.0 Å². The van der Waals surface area contributed by atoms with E-state index in [1.807, 2.05) is 0 Å². The summed E-state index contributed by atoms with van der Waals surface area (Å²) in [6.07, 6.45) is -0.611. The van der Waals surface area contributed by atoms with Crippen LogP contribution in [0.15, 0.2) is 36.9 Å². The summed E-state index contributed by atoms with van der Waals surface area (Å²) < 4.78 is 34.2. The molecule has 0 saturated carbocycles. The Bertz CT molecular complexity index is 1300. The maximum Gasteiger partial charge on any atom is 0.264 e. The van der Waals surface area contributed by atoms with Crippen molar-refractivity contribution in [3.8, 4) is 17.0 Å². The number of amides is 2. The van der Waals surface area contributed by atoms with Crippen LogP contribution in [-0.2, 0) is 4.79 Å². The monoisotopic (exact) mass is 544 g/mol. The molecule has 2 fully saturated rings. The lowest BCUT2D eigenvalue weighted by atomic mass is 9.97. The van der Waals surface area contributed by atoms with Gasteiger partial charge in [0.05, 0.1) is 11.7 Å². The number of carbonyl (C=O) groups excluding carboxylic acids is 2. The molecule has 5 rings (SSSR count). The van der Waals surface area contributed by atoms with Gasteiger partial charge in [-0.1, -0.05) is 49.4 Å². The zero-order valence-electron chi connectivity index (χ0n) is 21.7. The number of fused-ring (bicyclic) bond motifs is 2. The van der Waals surface area contributed by atoms with Gasteiger partial charge in [0, 0.05) is 42.8 Å². The molecule has 2 saturated heterocycles. The Labute approximate surface area is 226 Å². The summed E-state index contributed by atoms with van der Waals surface area (Å²) in [6.45, 7) is 11.6. The van der Waals surface area contributed by atoms with Gasteiger partial charge in [0.15, 0.2) is 5.75 Å². The second kappa shape index (κ2) is 9.84. The maximum atomic E-state index is 14.1. The highest BCUT2D eigenvalue weighted by Crippen LogP contribution is 2.48. The van der Waals surface area contributed by atoms with Gasteiger partial charge in [-0.2, -0.15) is 0 Å². The van der Waals surface area contributed by atoms with E-state index in [0.29, 0.717) is 31.4 Å². The second-order valence-corrected chi connectivity index (χ2v) is 11.3. The van der Waals surface area contributed by atoms with Crippen molar-refractivity contribution in [2.75, 3.05) is 37.7 Å². The fourth-order valence-corrected chi connectivity index (χ4v) is 6.30. The van der Waals surface area contributed by atoms with E-state index < -0.39 is 12.5 Å². The molecule has 10 heteroatoms. The van der Waals surface area contributed by atoms with Crippen molar-refractivity contribution >= 4 is 29.2 Å². The largest absolute Gasteiger partial charge is 0.489 e. The molecule has 0 N–H and O–H groups in total. The van der Waals surface area contributed by atoms with Crippen molar-refractivity contribution in [3.63, 3.8) is 0 Å². The van der Waals surface area contributed by atoms with E-state index in [2.05, 4.69) is 32.3 Å². The van der Waals surface area contributed by atoms with Crippen molar-refractivity contribution in [1.82, 2.24) is 14.8 Å². The van der Waals surface area contributed by atoms with Crippen molar-refractivity contribution in [1.29, 1.82) is 0 Å². The van der Waals surface area contributed by atoms with Gasteiger partial charge < -0.3 is 19.4 Å². The lowest BCUT2D eigenvalue weighted by Gasteiger charge is -2.40. The van der Waals surface area contributed by atoms with Crippen molar-refractivity contribution in [2.24, 2.45) is 5.92 Å². The van der Waals surface area contributed by atoms with Crippen LogP contribution in [-0.4, -0.2) is 71.0 Å². The first-order valence-electron chi connectivity index (χ1n) is 12.8. The smallest absolute Gasteiger partial charge is 0.264 e. The molecule has 7 nitrogen and oxygen atoms in total. The molecule has 2 atom stereocenters. The lowest BCUT2D eigenvalue weighted by molar-refractivity contribution is -0.128. The minimum atomic E-state index is -2.74. The fraction of sp³-hybridized carbons (Fsp3) is 0.464. The highest BCUT2D eigenvalue weighted by atomic mass is 35.5. The van der Waals surface area contributed by atoms with Gasteiger partial charge >= 0.3 is 0 Å². The van der Waals surface area contributed by atoms with Crippen LogP contribution in [0.3, 0.4) is 0 Å².